The van der Waals surface area contributed by atoms with Gasteiger partial charge in [-0.3, -0.25) is 10.1 Å². The molecule has 3 aromatic heterocycles. The van der Waals surface area contributed by atoms with Crippen molar-refractivity contribution in [2.24, 2.45) is 20.5 Å². The van der Waals surface area contributed by atoms with E-state index in [4.69, 9.17) is 24.2 Å². The van der Waals surface area contributed by atoms with Gasteiger partial charge in [-0.1, -0.05) is 54.6 Å². The minimum atomic E-state index is -1.07. The number of ether oxygens (including phenoxy) is 3. The van der Waals surface area contributed by atoms with Crippen LogP contribution in [-0.2, 0) is 9.47 Å². The van der Waals surface area contributed by atoms with E-state index < -0.39 is 28.8 Å². The molecule has 0 radical (unpaired) electrons. The normalized spacial score (nSPS) is 11.9. The van der Waals surface area contributed by atoms with Crippen molar-refractivity contribution in [1.82, 2.24) is 19.9 Å². The second-order valence-electron chi connectivity index (χ2n) is 25.3. The summed E-state index contributed by atoms with van der Waals surface area (Å²) in [7, 11) is 1.52. The molecule has 2 aliphatic rings. The number of H-pyrrole nitrogens is 2. The summed E-state index contributed by atoms with van der Waals surface area (Å²) in [4.78, 5) is 81.1. The number of esters is 1. The monoisotopic (exact) mass is 1450 g/mol. The maximum atomic E-state index is 13.7. The van der Waals surface area contributed by atoms with Crippen LogP contribution in [0, 0.1) is 24.0 Å². The van der Waals surface area contributed by atoms with Crippen molar-refractivity contribution >= 4 is 128 Å². The highest BCUT2D eigenvalue weighted by atomic mass is 32.2. The number of aromatic nitrogens is 4. The van der Waals surface area contributed by atoms with Gasteiger partial charge in [-0.15, -0.1) is 38.9 Å². The average molecular weight is 1460 g/mol. The van der Waals surface area contributed by atoms with Crippen molar-refractivity contribution in [2.45, 2.75) is 51.5 Å². The minimum absolute atomic E-state index is 0.0807. The fraction of sp³-hybridized carbons (Fsp3) is 0.195. The zero-order valence-electron chi connectivity index (χ0n) is 58.8. The van der Waals surface area contributed by atoms with Crippen LogP contribution in [0.4, 0.5) is 34.1 Å². The Morgan fingerprint density at radius 3 is 1.40 bits per heavy atom. The first-order valence-corrected chi connectivity index (χ1v) is 36.1. The number of nitrogens with one attached hydrogen (secondary N) is 2. The first-order chi connectivity index (χ1) is 51.2. The number of aromatic carboxylic acids is 3. The summed E-state index contributed by atoms with van der Waals surface area (Å²) in [5.74, 6) is -1.54. The molecule has 0 saturated heterocycles. The Bertz CT molecular complexity index is 5250. The lowest BCUT2D eigenvalue weighted by Gasteiger charge is -2.24. The van der Waals surface area contributed by atoms with E-state index in [9.17, 15) is 44.6 Å². The van der Waals surface area contributed by atoms with Crippen LogP contribution in [0.1, 0.15) is 109 Å². The zero-order chi connectivity index (χ0) is 74.6. The highest BCUT2D eigenvalue weighted by Crippen LogP contribution is 2.42. The van der Waals surface area contributed by atoms with E-state index in [0.717, 1.165) is 46.8 Å². The number of hydrogen-bond donors (Lipinski definition) is 5. The summed E-state index contributed by atoms with van der Waals surface area (Å²) < 4.78 is 17.5. The van der Waals surface area contributed by atoms with Crippen LogP contribution in [0.5, 0.6) is 5.75 Å². The number of nitro groups is 1. The van der Waals surface area contributed by atoms with E-state index in [-0.39, 0.29) is 38.8 Å². The third kappa shape index (κ3) is 17.4. The topological polar surface area (TPSA) is 310 Å². The molecule has 0 fully saturated rings. The van der Waals surface area contributed by atoms with Crippen LogP contribution in [0.25, 0.3) is 90.9 Å². The predicted octanol–water partition coefficient (Wildman–Crippen LogP) is 20.5. The molecule has 22 nitrogen and oxygen atoms in total. The van der Waals surface area contributed by atoms with Gasteiger partial charge in [-0.2, -0.15) is 5.11 Å². The van der Waals surface area contributed by atoms with Crippen molar-refractivity contribution in [3.05, 3.63) is 242 Å². The van der Waals surface area contributed by atoms with Crippen LogP contribution in [0.15, 0.2) is 196 Å². The van der Waals surface area contributed by atoms with E-state index >= 15 is 0 Å². The number of hydrogen-bond acceptors (Lipinski definition) is 18. The van der Waals surface area contributed by atoms with Gasteiger partial charge in [0.1, 0.15) is 11.4 Å². The van der Waals surface area contributed by atoms with Gasteiger partial charge < -0.3 is 44.4 Å². The molecule has 106 heavy (non-hydrogen) atoms. The first-order valence-electron chi connectivity index (χ1n) is 34.1. The smallest absolute Gasteiger partial charge is 0.338 e. The van der Waals surface area contributed by atoms with Gasteiger partial charge in [0.15, 0.2) is 5.69 Å². The van der Waals surface area contributed by atoms with Crippen LogP contribution in [0.2, 0.25) is 0 Å². The third-order valence-corrected chi connectivity index (χ3v) is 20.8. The second kappa shape index (κ2) is 33.1. The largest absolute Gasteiger partial charge is 0.494 e. The quantitative estimate of drug-likeness (QED) is 0.00726. The molecule has 0 spiro atoms. The maximum Gasteiger partial charge on any atom is 0.338 e. The Morgan fingerprint density at radius 2 is 0.962 bits per heavy atom. The number of rotatable bonds is 29. The zero-order valence-corrected chi connectivity index (χ0v) is 60.5. The number of carbonyl (C=O) groups excluding carboxylic acids is 1. The minimum Gasteiger partial charge on any atom is -0.494 e. The van der Waals surface area contributed by atoms with Gasteiger partial charge in [0.05, 0.1) is 85.7 Å². The van der Waals surface area contributed by atoms with Crippen molar-refractivity contribution in [2.75, 3.05) is 56.4 Å². The fourth-order valence-electron chi connectivity index (χ4n) is 12.2. The summed E-state index contributed by atoms with van der Waals surface area (Å²) in [6.07, 6.45) is 9.13. The number of nitrogens with zero attached hydrogens (tertiary/aromatic N) is 8. The summed E-state index contributed by atoms with van der Waals surface area (Å²) in [5, 5.41) is 58.6. The van der Waals surface area contributed by atoms with E-state index in [1.54, 1.807) is 104 Å². The molecule has 2 aliphatic heterocycles. The molecule has 0 saturated carbocycles. The lowest BCUT2D eigenvalue weighted by Crippen LogP contribution is -2.27. The van der Waals surface area contributed by atoms with E-state index in [0.29, 0.717) is 138 Å². The number of benzene rings is 7. The highest BCUT2D eigenvalue weighted by molar-refractivity contribution is 8.18. The molecule has 0 amide bonds. The number of aromatic amines is 2. The third-order valence-electron chi connectivity index (χ3n) is 17.7. The second-order valence-corrected chi connectivity index (χ2v) is 29.0. The number of fused-ring (bicyclic) bond motifs is 8. The van der Waals surface area contributed by atoms with E-state index in [1.807, 2.05) is 115 Å². The highest BCUT2D eigenvalue weighted by Gasteiger charge is 2.23. The number of aryl methyl sites for hydroxylation is 2. The summed E-state index contributed by atoms with van der Waals surface area (Å²) in [6, 6.07) is 50.6. The van der Waals surface area contributed by atoms with E-state index in [1.165, 1.54) is 25.3 Å². The number of carbonyl (C=O) groups is 4. The van der Waals surface area contributed by atoms with Crippen molar-refractivity contribution in [3.8, 4) is 50.3 Å². The first kappa shape index (κ1) is 73.6. The predicted molar refractivity (Wildman–Crippen MR) is 419 cm³/mol. The molecule has 5 heterocycles. The van der Waals surface area contributed by atoms with Crippen molar-refractivity contribution in [3.63, 3.8) is 0 Å². The Labute approximate surface area is 618 Å². The van der Waals surface area contributed by atoms with Gasteiger partial charge in [0, 0.05) is 81.8 Å². The van der Waals surface area contributed by atoms with Gasteiger partial charge in [0.25, 0.3) is 5.69 Å². The molecular formula is C82H74N10O12S2. The van der Waals surface area contributed by atoms with Crippen molar-refractivity contribution < 1.29 is 53.6 Å². The number of likely N-dealkylation sites (N-methyl/N-ethyl adjacent to an activating group) is 1. The van der Waals surface area contributed by atoms with Gasteiger partial charge in [-0.25, -0.2) is 29.1 Å². The summed E-state index contributed by atoms with van der Waals surface area (Å²) in [6.45, 7) is 13.1. The summed E-state index contributed by atoms with van der Waals surface area (Å²) >= 11 is 3.69. The lowest BCUT2D eigenvalue weighted by atomic mass is 10.0. The standard InChI is InChI=1S/C82H74N10O12S2/c1-7-91(60-29-27-59(28-30-60)87-90-71-47-50(3)70(48-73(71)102-6)89-88-61-31-10-49(2)46-72(61)92(100)101)40-43-103-41-8-44-105-82(4,5)106-45-9-42-104-81(99)58-25-17-54(18-26-58)77-68-38-36-66(85-68)75(52-13-21-56(22-14-52)79(95)96)64-34-32-62(83-64)74(51-11-19-55(20-12-51)78(93)94)63-33-35-65(84-63)76(67-37-39-69(77)86-67)53-15-23-57(24-16-53)80(97)98/h10-39,46-48,83,86H,7-9,40-45H2,1-6H3,(H,93,94)(H,95,96)(H,97,98)/b74-62?,74-63?,75-64?,75-66?,76-65?,76-67?,77-68?,77-69?,89-88+,90-87+. The molecule has 0 unspecified atom stereocenters. The number of methoxy groups -OCH3 is 1. The molecule has 0 atom stereocenters. The average Bonchev–Trinajstić information content (AvgIpc) is 1.61. The fourth-order valence-corrected chi connectivity index (χ4v) is 14.6. The molecule has 12 rings (SSSR count). The molecule has 8 bridgehead atoms. The molecule has 10 aromatic rings. The van der Waals surface area contributed by atoms with Crippen LogP contribution in [0.3, 0.4) is 0 Å². The van der Waals surface area contributed by atoms with Gasteiger partial charge in [-0.05, 0) is 226 Å². The van der Waals surface area contributed by atoms with E-state index in [2.05, 4.69) is 56.1 Å². The molecular weight excluding hydrogens is 1380 g/mol. The van der Waals surface area contributed by atoms with Crippen LogP contribution < -0.4 is 9.64 Å². The van der Waals surface area contributed by atoms with Crippen molar-refractivity contribution in [1.29, 1.82) is 0 Å². The lowest BCUT2D eigenvalue weighted by molar-refractivity contribution is -0.384. The molecule has 0 aliphatic carbocycles. The number of thioether (sulfide) groups is 2. The van der Waals surface area contributed by atoms with Crippen LogP contribution >= 0.6 is 23.5 Å². The number of anilines is 1. The van der Waals surface area contributed by atoms with Crippen LogP contribution in [-0.4, -0.2) is 120 Å². The maximum absolute atomic E-state index is 13.7. The molecule has 7 aromatic carbocycles. The number of azo groups is 2. The number of carboxylic acids is 3. The molecule has 24 heteroatoms. The van der Waals surface area contributed by atoms with Gasteiger partial charge in [0.2, 0.25) is 0 Å². The number of carboxylic acid groups (broad SMARTS) is 3. The molecule has 536 valence electrons. The van der Waals surface area contributed by atoms with Gasteiger partial charge >= 0.3 is 23.9 Å². The number of nitro benzene ring substituents is 1. The SMILES string of the molecule is CCN(CCOCCCSC(C)(C)SCCCOC(=O)c1ccc(-c2c3nc(c(-c4ccc(C(=O)O)cc4)c4ccc([nH]4)c(-c4ccc(C(=O)O)cc4)c4nc(c(-c5ccc(C(=O)O)cc5)c5ccc2[nH]5)C=C4)C=C3)cc1)c1ccc(/N=N/c2cc(C)c(/N=N/c3ccc(C)cc3[N+](=O)[O-])cc2OC)cc1. The Kier molecular flexibility index (Phi) is 23.0. The Hall–Kier alpha value is -12.1. The Balaban J connectivity index is 0.678. The molecule has 5 N–H and O–H groups in total. The Morgan fingerprint density at radius 1 is 0.528 bits per heavy atom. The summed E-state index contributed by atoms with van der Waals surface area (Å²) in [5.41, 5.74) is 15.2.